The van der Waals surface area contributed by atoms with Gasteiger partial charge in [0.05, 0.1) is 53.2 Å². The average molecular weight is 477 g/mol. The number of benzene rings is 2. The van der Waals surface area contributed by atoms with E-state index in [0.29, 0.717) is 38.6 Å². The molecule has 1 heterocycles. The summed E-state index contributed by atoms with van der Waals surface area (Å²) in [6.45, 7) is 3.62. The molecule has 0 fully saturated rings. The van der Waals surface area contributed by atoms with E-state index in [1.807, 2.05) is 6.07 Å². The Hall–Kier alpha value is -3.83. The molecule has 0 amide bonds. The Bertz CT molecular complexity index is 1190. The number of thioether (sulfide) groups is 1. The van der Waals surface area contributed by atoms with E-state index in [-0.39, 0.29) is 18.1 Å². The van der Waals surface area contributed by atoms with Crippen LogP contribution in [0.5, 0.6) is 0 Å². The number of Topliss-reactive ketones (excluding diaryl/α,β-unsaturated/α-hetero) is 1. The Labute approximate surface area is 202 Å². The quantitative estimate of drug-likeness (QED) is 0.443. The zero-order valence-electron chi connectivity index (χ0n) is 19.1. The first kappa shape index (κ1) is 24.8. The summed E-state index contributed by atoms with van der Waals surface area (Å²) in [5, 5.41) is 13.7. The number of allylic oxidation sites excluding steroid dienone is 2. The number of nitrogens with one attached hydrogen (secondary N) is 1. The van der Waals surface area contributed by atoms with Crippen LogP contribution in [-0.4, -0.2) is 37.2 Å². The molecule has 1 aliphatic heterocycles. The van der Waals surface area contributed by atoms with Crippen molar-refractivity contribution in [2.24, 2.45) is 0 Å². The largest absolute Gasteiger partial charge is 0.465 e. The second-order valence-electron chi connectivity index (χ2n) is 7.36. The van der Waals surface area contributed by atoms with Gasteiger partial charge in [0.15, 0.2) is 5.78 Å². The molecule has 0 radical (unpaired) electrons. The maximum absolute atomic E-state index is 12.8. The van der Waals surface area contributed by atoms with Gasteiger partial charge in [-0.05, 0) is 31.5 Å². The standard InChI is InChI=1S/C26H24N2O5S/c1-4-33-26(31)22-16(2)28-24(34-15-21(29)17-8-6-5-7-9-17)20(14-27)23(22)18-10-12-19(13-11-18)25(30)32-3/h5-13,23,28H,4,15H2,1-3H3/t23-/m0/s1. The third kappa shape index (κ3) is 5.38. The van der Waals surface area contributed by atoms with Crippen LogP contribution in [0.25, 0.3) is 0 Å². The number of nitrogens with zero attached hydrogens (tertiary/aromatic N) is 1. The summed E-state index contributed by atoms with van der Waals surface area (Å²) in [7, 11) is 1.30. The van der Waals surface area contributed by atoms with E-state index in [0.717, 1.165) is 0 Å². The second-order valence-corrected chi connectivity index (χ2v) is 8.35. The fourth-order valence-electron chi connectivity index (χ4n) is 3.61. The van der Waals surface area contributed by atoms with Crippen LogP contribution < -0.4 is 5.32 Å². The van der Waals surface area contributed by atoms with Crippen molar-refractivity contribution in [2.75, 3.05) is 19.5 Å². The lowest BCUT2D eigenvalue weighted by Crippen LogP contribution is -2.29. The Balaban J connectivity index is 2.00. The van der Waals surface area contributed by atoms with Crippen LogP contribution >= 0.6 is 11.8 Å². The molecule has 1 aliphatic rings. The van der Waals surface area contributed by atoms with Crippen LogP contribution in [0.1, 0.15) is 46.0 Å². The molecule has 1 N–H and O–H groups in total. The highest BCUT2D eigenvalue weighted by molar-refractivity contribution is 8.03. The van der Waals surface area contributed by atoms with Crippen LogP contribution in [0.4, 0.5) is 0 Å². The monoisotopic (exact) mass is 476 g/mol. The molecule has 2 aromatic carbocycles. The van der Waals surface area contributed by atoms with Crippen molar-refractivity contribution in [1.29, 1.82) is 5.26 Å². The Morgan fingerprint density at radius 2 is 1.71 bits per heavy atom. The van der Waals surface area contributed by atoms with Crippen molar-refractivity contribution < 1.29 is 23.9 Å². The first-order valence-corrected chi connectivity index (χ1v) is 11.6. The minimum Gasteiger partial charge on any atom is -0.465 e. The van der Waals surface area contributed by atoms with Crippen molar-refractivity contribution >= 4 is 29.5 Å². The third-order valence-electron chi connectivity index (χ3n) is 5.25. The van der Waals surface area contributed by atoms with Crippen LogP contribution in [0, 0.1) is 11.3 Å². The van der Waals surface area contributed by atoms with Gasteiger partial charge in [0, 0.05) is 11.3 Å². The van der Waals surface area contributed by atoms with Crippen molar-refractivity contribution in [2.45, 2.75) is 19.8 Å². The normalized spacial score (nSPS) is 15.3. The van der Waals surface area contributed by atoms with Gasteiger partial charge in [-0.1, -0.05) is 54.2 Å². The SMILES string of the molecule is CCOC(=O)C1=C(C)NC(SCC(=O)c2ccccc2)=C(C#N)[C@@H]1c1ccc(C(=O)OC)cc1. The number of methoxy groups -OCH3 is 1. The lowest BCUT2D eigenvalue weighted by molar-refractivity contribution is -0.138. The summed E-state index contributed by atoms with van der Waals surface area (Å²) >= 11 is 1.21. The van der Waals surface area contributed by atoms with E-state index in [1.54, 1.807) is 62.4 Å². The van der Waals surface area contributed by atoms with E-state index in [9.17, 15) is 19.6 Å². The van der Waals surface area contributed by atoms with Gasteiger partial charge >= 0.3 is 11.9 Å². The van der Waals surface area contributed by atoms with Gasteiger partial charge in [-0.2, -0.15) is 5.26 Å². The van der Waals surface area contributed by atoms with Crippen LogP contribution in [-0.2, 0) is 14.3 Å². The first-order chi connectivity index (χ1) is 16.4. The van der Waals surface area contributed by atoms with Gasteiger partial charge in [-0.3, -0.25) is 4.79 Å². The number of hydrogen-bond acceptors (Lipinski definition) is 8. The molecule has 0 saturated carbocycles. The van der Waals surface area contributed by atoms with Gasteiger partial charge < -0.3 is 14.8 Å². The first-order valence-electron chi connectivity index (χ1n) is 10.6. The highest BCUT2D eigenvalue weighted by Gasteiger charge is 2.35. The second kappa shape index (κ2) is 11.3. The predicted octanol–water partition coefficient (Wildman–Crippen LogP) is 4.35. The smallest absolute Gasteiger partial charge is 0.337 e. The van der Waals surface area contributed by atoms with Crippen molar-refractivity contribution in [3.63, 3.8) is 0 Å². The molecule has 0 bridgehead atoms. The molecule has 0 spiro atoms. The Morgan fingerprint density at radius 3 is 2.29 bits per heavy atom. The lowest BCUT2D eigenvalue weighted by atomic mass is 9.82. The third-order valence-corrected chi connectivity index (χ3v) is 6.27. The summed E-state index contributed by atoms with van der Waals surface area (Å²) in [6.07, 6.45) is 0. The molecule has 2 aromatic rings. The topological polar surface area (TPSA) is 105 Å². The molecule has 1 atom stereocenters. The van der Waals surface area contributed by atoms with Gasteiger partial charge in [-0.15, -0.1) is 0 Å². The summed E-state index contributed by atoms with van der Waals surface area (Å²) in [5.74, 6) is -1.69. The fraction of sp³-hybridized carbons (Fsp3) is 0.231. The molecule has 0 aliphatic carbocycles. The highest BCUT2D eigenvalue weighted by Crippen LogP contribution is 2.41. The number of dihydropyridines is 1. The van der Waals surface area contributed by atoms with Gasteiger partial charge in [-0.25, -0.2) is 9.59 Å². The van der Waals surface area contributed by atoms with Gasteiger partial charge in [0.2, 0.25) is 0 Å². The predicted molar refractivity (Wildman–Crippen MR) is 129 cm³/mol. The van der Waals surface area contributed by atoms with Gasteiger partial charge in [0.25, 0.3) is 0 Å². The molecule has 174 valence electrons. The molecule has 7 nitrogen and oxygen atoms in total. The number of carbonyl (C=O) groups excluding carboxylic acids is 3. The van der Waals surface area contributed by atoms with E-state index >= 15 is 0 Å². The summed E-state index contributed by atoms with van der Waals surface area (Å²) in [4.78, 5) is 37.3. The molecule has 3 rings (SSSR count). The summed E-state index contributed by atoms with van der Waals surface area (Å²) in [6, 6.07) is 17.7. The molecule has 0 saturated heterocycles. The molecular formula is C26H24N2O5S. The lowest BCUT2D eigenvalue weighted by Gasteiger charge is -2.29. The molecule has 0 unspecified atom stereocenters. The van der Waals surface area contributed by atoms with Crippen molar-refractivity contribution in [1.82, 2.24) is 5.32 Å². The Kier molecular flexibility index (Phi) is 8.28. The van der Waals surface area contributed by atoms with E-state index in [2.05, 4.69) is 11.4 Å². The number of ether oxygens (including phenoxy) is 2. The number of nitriles is 1. The van der Waals surface area contributed by atoms with E-state index in [4.69, 9.17) is 9.47 Å². The van der Waals surface area contributed by atoms with Crippen LogP contribution in [0.2, 0.25) is 0 Å². The van der Waals surface area contributed by atoms with E-state index < -0.39 is 17.9 Å². The van der Waals surface area contributed by atoms with Crippen molar-refractivity contribution in [3.8, 4) is 6.07 Å². The number of hydrogen-bond donors (Lipinski definition) is 1. The maximum atomic E-state index is 12.8. The number of ketones is 1. The summed E-state index contributed by atoms with van der Waals surface area (Å²) in [5.41, 5.74) is 2.71. The number of esters is 2. The van der Waals surface area contributed by atoms with Crippen molar-refractivity contribution in [3.05, 3.63) is 93.2 Å². The zero-order chi connectivity index (χ0) is 24.7. The van der Waals surface area contributed by atoms with Gasteiger partial charge in [0.1, 0.15) is 0 Å². The fourth-order valence-corrected chi connectivity index (χ4v) is 4.60. The number of rotatable bonds is 8. The molecule has 0 aromatic heterocycles. The van der Waals surface area contributed by atoms with Crippen LogP contribution in [0.15, 0.2) is 76.5 Å². The minimum absolute atomic E-state index is 0.0750. The molecule has 34 heavy (non-hydrogen) atoms. The maximum Gasteiger partial charge on any atom is 0.337 e. The minimum atomic E-state index is -0.716. The molecular weight excluding hydrogens is 452 g/mol. The van der Waals surface area contributed by atoms with E-state index in [1.165, 1.54) is 18.9 Å². The molecule has 8 heteroatoms. The summed E-state index contributed by atoms with van der Waals surface area (Å²) < 4.78 is 10.0. The number of carbonyl (C=O) groups is 3. The highest BCUT2D eigenvalue weighted by atomic mass is 32.2. The van der Waals surface area contributed by atoms with Crippen LogP contribution in [0.3, 0.4) is 0 Å². The zero-order valence-corrected chi connectivity index (χ0v) is 19.9. The Morgan fingerprint density at radius 1 is 1.03 bits per heavy atom. The average Bonchev–Trinajstić information content (AvgIpc) is 2.87.